The molecule has 0 fully saturated rings. The first-order valence-electron chi connectivity index (χ1n) is 9.13. The first kappa shape index (κ1) is 19.9. The number of carbonyl (C=O) groups is 1. The fraction of sp³-hybridized carbons (Fsp3) is 0.333. The van der Waals surface area contributed by atoms with E-state index in [0.717, 1.165) is 28.3 Å². The molecule has 1 amide bonds. The van der Waals surface area contributed by atoms with Gasteiger partial charge >= 0.3 is 0 Å². The third-order valence-electron chi connectivity index (χ3n) is 4.45. The van der Waals surface area contributed by atoms with E-state index in [-0.39, 0.29) is 12.5 Å². The topological polar surface area (TPSA) is 74.6 Å². The Bertz CT molecular complexity index is 946. The van der Waals surface area contributed by atoms with Crippen LogP contribution >= 0.6 is 0 Å². The molecule has 0 atom stereocenters. The summed E-state index contributed by atoms with van der Waals surface area (Å²) in [7, 11) is 3.06. The molecule has 1 aromatic heterocycles. The van der Waals surface area contributed by atoms with Gasteiger partial charge in [-0.25, -0.2) is 4.98 Å². The second-order valence-corrected chi connectivity index (χ2v) is 6.24. The van der Waals surface area contributed by atoms with E-state index >= 15 is 0 Å². The van der Waals surface area contributed by atoms with Gasteiger partial charge in [0.2, 0.25) is 0 Å². The number of methoxy groups -OCH3 is 2. The zero-order valence-corrected chi connectivity index (χ0v) is 16.6. The van der Waals surface area contributed by atoms with Crippen LogP contribution in [0, 0.1) is 6.92 Å². The lowest BCUT2D eigenvalue weighted by molar-refractivity contribution is -0.0974. The maximum absolute atomic E-state index is 12.4. The van der Waals surface area contributed by atoms with Crippen LogP contribution in [0.4, 0.5) is 0 Å². The lowest BCUT2D eigenvalue weighted by Crippen LogP contribution is -2.34. The highest BCUT2D eigenvalue weighted by atomic mass is 16.7. The molecule has 2 aromatic carbocycles. The summed E-state index contributed by atoms with van der Waals surface area (Å²) in [4.78, 5) is 17.0. The zero-order valence-electron chi connectivity index (χ0n) is 16.6. The molecule has 0 bridgehead atoms. The molecular formula is C21H25N3O4. The van der Waals surface area contributed by atoms with Crippen LogP contribution < -0.4 is 10.1 Å². The number of hydrogen-bond donors (Lipinski definition) is 1. The lowest BCUT2D eigenvalue weighted by atomic mass is 10.2. The van der Waals surface area contributed by atoms with Gasteiger partial charge in [0.1, 0.15) is 11.6 Å². The highest BCUT2D eigenvalue weighted by Crippen LogP contribution is 2.24. The van der Waals surface area contributed by atoms with Crippen LogP contribution in [0.2, 0.25) is 0 Å². The Hall–Kier alpha value is -2.90. The highest BCUT2D eigenvalue weighted by Gasteiger charge is 2.14. The van der Waals surface area contributed by atoms with Crippen LogP contribution in [0.15, 0.2) is 42.5 Å². The summed E-state index contributed by atoms with van der Waals surface area (Å²) >= 11 is 0. The van der Waals surface area contributed by atoms with Crippen molar-refractivity contribution in [1.29, 1.82) is 0 Å². The monoisotopic (exact) mass is 383 g/mol. The Labute approximate surface area is 164 Å². The SMILES string of the molecule is CCOc1ccc(-n2c(C)nc3cc(C(=O)NCC(OC)OC)ccc32)cc1. The van der Waals surface area contributed by atoms with Gasteiger partial charge in [-0.15, -0.1) is 0 Å². The van der Waals surface area contributed by atoms with Gasteiger partial charge in [0.05, 0.1) is 24.2 Å². The molecule has 3 aromatic rings. The van der Waals surface area contributed by atoms with Crippen LogP contribution in [0.25, 0.3) is 16.7 Å². The second kappa shape index (κ2) is 8.86. The minimum atomic E-state index is -0.478. The van der Waals surface area contributed by atoms with Crippen molar-refractivity contribution in [3.63, 3.8) is 0 Å². The van der Waals surface area contributed by atoms with Crippen molar-refractivity contribution in [2.45, 2.75) is 20.1 Å². The second-order valence-electron chi connectivity index (χ2n) is 6.24. The van der Waals surface area contributed by atoms with E-state index in [1.165, 1.54) is 14.2 Å². The molecule has 0 spiro atoms. The van der Waals surface area contributed by atoms with Gasteiger partial charge in [-0.1, -0.05) is 0 Å². The fourth-order valence-electron chi connectivity index (χ4n) is 3.07. The van der Waals surface area contributed by atoms with Gasteiger partial charge in [-0.3, -0.25) is 9.36 Å². The smallest absolute Gasteiger partial charge is 0.251 e. The number of aryl methyl sites for hydroxylation is 1. The third-order valence-corrected chi connectivity index (χ3v) is 4.45. The number of benzene rings is 2. The normalized spacial score (nSPS) is 11.2. The standard InChI is InChI=1S/C21H25N3O4/c1-5-28-17-9-7-16(8-10-17)24-14(2)23-18-12-15(6-11-19(18)24)21(25)22-13-20(26-3)27-4/h6-12,20H,5,13H2,1-4H3,(H,22,25). The molecule has 1 N–H and O–H groups in total. The van der Waals surface area contributed by atoms with Gasteiger partial charge in [0, 0.05) is 25.5 Å². The Balaban J connectivity index is 1.85. The maximum atomic E-state index is 12.4. The molecule has 1 heterocycles. The molecule has 0 saturated carbocycles. The molecule has 0 radical (unpaired) electrons. The number of amides is 1. The minimum absolute atomic E-state index is 0.200. The van der Waals surface area contributed by atoms with Crippen molar-refractivity contribution >= 4 is 16.9 Å². The summed E-state index contributed by atoms with van der Waals surface area (Å²) in [5.74, 6) is 1.47. The Morgan fingerprint density at radius 2 is 1.86 bits per heavy atom. The molecule has 0 aliphatic carbocycles. The largest absolute Gasteiger partial charge is 0.494 e. The van der Waals surface area contributed by atoms with Crippen LogP contribution in [-0.2, 0) is 9.47 Å². The lowest BCUT2D eigenvalue weighted by Gasteiger charge is -2.14. The molecule has 7 nitrogen and oxygen atoms in total. The average molecular weight is 383 g/mol. The molecule has 0 aliphatic rings. The molecular weight excluding hydrogens is 358 g/mol. The highest BCUT2D eigenvalue weighted by molar-refractivity contribution is 5.97. The van der Waals surface area contributed by atoms with E-state index in [9.17, 15) is 4.79 Å². The van der Waals surface area contributed by atoms with E-state index in [0.29, 0.717) is 12.2 Å². The van der Waals surface area contributed by atoms with E-state index < -0.39 is 6.29 Å². The van der Waals surface area contributed by atoms with Crippen molar-refractivity contribution in [2.24, 2.45) is 0 Å². The molecule has 28 heavy (non-hydrogen) atoms. The quantitative estimate of drug-likeness (QED) is 0.605. The predicted molar refractivity (Wildman–Crippen MR) is 107 cm³/mol. The number of aromatic nitrogens is 2. The molecule has 3 rings (SSSR count). The van der Waals surface area contributed by atoms with Crippen LogP contribution in [0.3, 0.4) is 0 Å². The number of nitrogens with zero attached hydrogens (tertiary/aromatic N) is 2. The van der Waals surface area contributed by atoms with Crippen molar-refractivity contribution in [3.8, 4) is 11.4 Å². The van der Waals surface area contributed by atoms with E-state index in [1.807, 2.05) is 44.2 Å². The van der Waals surface area contributed by atoms with Crippen LogP contribution in [0.1, 0.15) is 23.1 Å². The van der Waals surface area contributed by atoms with Crippen molar-refractivity contribution in [3.05, 3.63) is 53.9 Å². The van der Waals surface area contributed by atoms with Crippen LogP contribution in [0.5, 0.6) is 5.75 Å². The van der Waals surface area contributed by atoms with Crippen molar-refractivity contribution in [1.82, 2.24) is 14.9 Å². The average Bonchev–Trinajstić information content (AvgIpc) is 3.04. The Morgan fingerprint density at radius 3 is 2.50 bits per heavy atom. The van der Waals surface area contributed by atoms with E-state index in [4.69, 9.17) is 14.2 Å². The summed E-state index contributed by atoms with van der Waals surface area (Å²) in [6.45, 7) is 4.80. The van der Waals surface area contributed by atoms with Crippen molar-refractivity contribution < 1.29 is 19.0 Å². The molecule has 0 unspecified atom stereocenters. The van der Waals surface area contributed by atoms with Gasteiger partial charge in [-0.2, -0.15) is 0 Å². The third kappa shape index (κ3) is 4.16. The molecule has 7 heteroatoms. The number of carbonyl (C=O) groups excluding carboxylic acids is 1. The maximum Gasteiger partial charge on any atom is 0.251 e. The summed E-state index contributed by atoms with van der Waals surface area (Å²) in [5, 5.41) is 2.80. The summed E-state index contributed by atoms with van der Waals surface area (Å²) in [6.07, 6.45) is -0.478. The Kier molecular flexibility index (Phi) is 6.28. The van der Waals surface area contributed by atoms with E-state index in [1.54, 1.807) is 12.1 Å². The first-order chi connectivity index (χ1) is 13.6. The van der Waals surface area contributed by atoms with Gasteiger partial charge in [0.15, 0.2) is 6.29 Å². The number of rotatable bonds is 8. The Morgan fingerprint density at radius 1 is 1.14 bits per heavy atom. The van der Waals surface area contributed by atoms with Gasteiger partial charge < -0.3 is 19.5 Å². The van der Waals surface area contributed by atoms with E-state index in [2.05, 4.69) is 14.9 Å². The fourth-order valence-corrected chi connectivity index (χ4v) is 3.07. The zero-order chi connectivity index (χ0) is 20.1. The number of hydrogen-bond acceptors (Lipinski definition) is 5. The van der Waals surface area contributed by atoms with Gasteiger partial charge in [0.25, 0.3) is 5.91 Å². The predicted octanol–water partition coefficient (Wildman–Crippen LogP) is 3.08. The number of fused-ring (bicyclic) bond motifs is 1. The molecule has 148 valence electrons. The van der Waals surface area contributed by atoms with Gasteiger partial charge in [-0.05, 0) is 56.3 Å². The minimum Gasteiger partial charge on any atom is -0.494 e. The summed E-state index contributed by atoms with van der Waals surface area (Å²) in [5.41, 5.74) is 3.22. The van der Waals surface area contributed by atoms with Crippen molar-refractivity contribution in [2.75, 3.05) is 27.4 Å². The number of imidazole rings is 1. The van der Waals surface area contributed by atoms with Crippen LogP contribution in [-0.4, -0.2) is 49.1 Å². The first-order valence-corrected chi connectivity index (χ1v) is 9.13. The summed E-state index contributed by atoms with van der Waals surface area (Å²) in [6, 6.07) is 13.4. The molecule has 0 saturated heterocycles. The number of ether oxygens (including phenoxy) is 3. The number of nitrogens with one attached hydrogen (secondary N) is 1. The summed E-state index contributed by atoms with van der Waals surface area (Å²) < 4.78 is 17.7. The molecule has 0 aliphatic heterocycles.